The molecule has 4 aliphatic rings. The zero-order chi connectivity index (χ0) is 21.7. The van der Waals surface area contributed by atoms with E-state index >= 15 is 0 Å². The van der Waals surface area contributed by atoms with Gasteiger partial charge in [0.1, 0.15) is 5.58 Å². The summed E-state index contributed by atoms with van der Waals surface area (Å²) in [5, 5.41) is 7.16. The number of hydrogen-bond acceptors (Lipinski definition) is 4. The Balaban J connectivity index is 1.30. The first-order valence-electron chi connectivity index (χ1n) is 11.6. The lowest BCUT2D eigenvalue weighted by Crippen LogP contribution is -2.57. The second kappa shape index (κ2) is 7.78. The van der Waals surface area contributed by atoms with Crippen LogP contribution in [0.3, 0.4) is 0 Å². The molecule has 0 radical (unpaired) electrons. The smallest absolute Gasteiger partial charge is 0.287 e. The van der Waals surface area contributed by atoms with Crippen LogP contribution in [0.5, 0.6) is 0 Å². The lowest BCUT2D eigenvalue weighted by molar-refractivity contribution is -0.117. The molecule has 6 nitrogen and oxygen atoms in total. The Morgan fingerprint density at radius 2 is 1.72 bits per heavy atom. The van der Waals surface area contributed by atoms with Crippen LogP contribution in [0.25, 0.3) is 22.1 Å². The number of piperidine rings is 3. The van der Waals surface area contributed by atoms with Gasteiger partial charge in [-0.2, -0.15) is 0 Å². The van der Waals surface area contributed by atoms with Crippen LogP contribution in [0.15, 0.2) is 52.9 Å². The first-order valence-corrected chi connectivity index (χ1v) is 11.6. The van der Waals surface area contributed by atoms with Gasteiger partial charge in [0.15, 0.2) is 5.76 Å². The standard InChI is InChI=1S/C26H27N3O3/c30-25(17-8-9-17)27-21-7-2-1-5-19(21)20-6-3-4-18-14-23(32-24(18)20)26(31)28-22-15-29-12-10-16(22)11-13-29/h1-7,14,16-17,22H,8-13,15H2,(H,27,30)(H,28,31). The highest BCUT2D eigenvalue weighted by atomic mass is 16.3. The van der Waals surface area contributed by atoms with E-state index in [4.69, 9.17) is 4.42 Å². The topological polar surface area (TPSA) is 74.6 Å². The number of nitrogens with one attached hydrogen (secondary N) is 2. The first-order chi connectivity index (χ1) is 15.7. The van der Waals surface area contributed by atoms with Gasteiger partial charge in [0.2, 0.25) is 5.91 Å². The lowest BCUT2D eigenvalue weighted by Gasteiger charge is -2.44. The number of nitrogens with zero attached hydrogens (tertiary/aromatic N) is 1. The summed E-state index contributed by atoms with van der Waals surface area (Å²) in [6.45, 7) is 3.21. The van der Waals surface area contributed by atoms with Gasteiger partial charge in [0.05, 0.1) is 0 Å². The minimum atomic E-state index is -0.152. The van der Waals surface area contributed by atoms with Crippen molar-refractivity contribution in [2.75, 3.05) is 25.0 Å². The largest absolute Gasteiger partial charge is 0.450 e. The lowest BCUT2D eigenvalue weighted by atomic mass is 9.84. The van der Waals surface area contributed by atoms with Gasteiger partial charge < -0.3 is 20.0 Å². The van der Waals surface area contributed by atoms with Gasteiger partial charge in [-0.15, -0.1) is 0 Å². The van der Waals surface area contributed by atoms with Gasteiger partial charge in [-0.1, -0.05) is 36.4 Å². The SMILES string of the molecule is O=C(NC1CN2CCC1CC2)c1cc2cccc(-c3ccccc3NC(=O)C3CC3)c2o1. The molecule has 0 spiro atoms. The molecule has 3 aliphatic heterocycles. The predicted molar refractivity (Wildman–Crippen MR) is 123 cm³/mol. The van der Waals surface area contributed by atoms with Crippen molar-refractivity contribution in [3.8, 4) is 11.1 Å². The third-order valence-corrected chi connectivity index (χ3v) is 7.16. The van der Waals surface area contributed by atoms with Crippen molar-refractivity contribution >= 4 is 28.5 Å². The summed E-state index contributed by atoms with van der Waals surface area (Å²) in [6, 6.07) is 15.7. The summed E-state index contributed by atoms with van der Waals surface area (Å²) < 4.78 is 6.12. The third-order valence-electron chi connectivity index (χ3n) is 7.16. The van der Waals surface area contributed by atoms with E-state index in [1.165, 1.54) is 0 Å². The first kappa shape index (κ1) is 19.6. The van der Waals surface area contributed by atoms with Crippen LogP contribution < -0.4 is 10.6 Å². The van der Waals surface area contributed by atoms with Gasteiger partial charge in [0.25, 0.3) is 5.91 Å². The molecule has 1 saturated carbocycles. The molecule has 4 fully saturated rings. The van der Waals surface area contributed by atoms with E-state index in [2.05, 4.69) is 15.5 Å². The van der Waals surface area contributed by atoms with Crippen LogP contribution in [-0.4, -0.2) is 42.4 Å². The van der Waals surface area contributed by atoms with Crippen LogP contribution in [0.1, 0.15) is 36.2 Å². The summed E-state index contributed by atoms with van der Waals surface area (Å²) in [5.74, 6) is 0.946. The summed E-state index contributed by atoms with van der Waals surface area (Å²) >= 11 is 0. The number of benzene rings is 2. The number of carbonyl (C=O) groups is 2. The fraction of sp³-hybridized carbons (Fsp3) is 0.385. The number of carbonyl (C=O) groups excluding carboxylic acids is 2. The second-order valence-electron chi connectivity index (χ2n) is 9.36. The Kier molecular flexibility index (Phi) is 4.76. The van der Waals surface area contributed by atoms with Crippen molar-refractivity contribution in [3.63, 3.8) is 0 Å². The third kappa shape index (κ3) is 3.58. The van der Waals surface area contributed by atoms with Crippen molar-refractivity contribution in [3.05, 3.63) is 54.3 Å². The molecule has 1 atom stereocenters. The molecule has 164 valence electrons. The van der Waals surface area contributed by atoms with Crippen molar-refractivity contribution in [1.29, 1.82) is 0 Å². The molecule has 1 unspecified atom stereocenters. The highest BCUT2D eigenvalue weighted by molar-refractivity contribution is 6.04. The van der Waals surface area contributed by atoms with Crippen LogP contribution in [0.2, 0.25) is 0 Å². The maximum Gasteiger partial charge on any atom is 0.287 e. The van der Waals surface area contributed by atoms with Crippen molar-refractivity contribution in [1.82, 2.24) is 10.2 Å². The number of para-hydroxylation sites is 2. The van der Waals surface area contributed by atoms with Crippen molar-refractivity contribution < 1.29 is 14.0 Å². The molecule has 2 amide bonds. The van der Waals surface area contributed by atoms with E-state index in [0.717, 1.165) is 67.5 Å². The van der Waals surface area contributed by atoms with Crippen molar-refractivity contribution in [2.24, 2.45) is 11.8 Å². The summed E-state index contributed by atoms with van der Waals surface area (Å²) in [6.07, 6.45) is 4.22. The Labute approximate surface area is 187 Å². The Bertz CT molecular complexity index is 1190. The zero-order valence-electron chi connectivity index (χ0n) is 18.0. The van der Waals surface area contributed by atoms with E-state index in [0.29, 0.717) is 17.3 Å². The molecular weight excluding hydrogens is 402 g/mol. The van der Waals surface area contributed by atoms with E-state index < -0.39 is 0 Å². The van der Waals surface area contributed by atoms with Crippen LogP contribution >= 0.6 is 0 Å². The number of anilines is 1. The quantitative estimate of drug-likeness (QED) is 0.635. The summed E-state index contributed by atoms with van der Waals surface area (Å²) in [5.41, 5.74) is 3.20. The molecule has 7 rings (SSSR count). The maximum absolute atomic E-state index is 13.0. The highest BCUT2D eigenvalue weighted by Gasteiger charge is 2.35. The molecule has 2 bridgehead atoms. The van der Waals surface area contributed by atoms with Crippen LogP contribution in [-0.2, 0) is 4.79 Å². The number of hydrogen-bond donors (Lipinski definition) is 2. The minimum Gasteiger partial charge on any atom is -0.450 e. The predicted octanol–water partition coefficient (Wildman–Crippen LogP) is 4.27. The van der Waals surface area contributed by atoms with Gasteiger partial charge in [0, 0.05) is 40.7 Å². The molecule has 3 aromatic rings. The maximum atomic E-state index is 13.0. The van der Waals surface area contributed by atoms with E-state index in [1.54, 1.807) is 0 Å². The monoisotopic (exact) mass is 429 g/mol. The molecule has 32 heavy (non-hydrogen) atoms. The number of rotatable bonds is 5. The number of amides is 2. The fourth-order valence-corrected chi connectivity index (χ4v) is 5.16. The molecule has 6 heteroatoms. The molecule has 1 aliphatic carbocycles. The van der Waals surface area contributed by atoms with Gasteiger partial charge in [-0.05, 0) is 56.8 Å². The van der Waals surface area contributed by atoms with E-state index in [1.807, 2.05) is 48.5 Å². The fourth-order valence-electron chi connectivity index (χ4n) is 5.16. The van der Waals surface area contributed by atoms with Gasteiger partial charge in [-0.3, -0.25) is 9.59 Å². The van der Waals surface area contributed by atoms with Crippen LogP contribution in [0.4, 0.5) is 5.69 Å². The Hall–Kier alpha value is -3.12. The molecule has 1 aromatic heterocycles. The number of fused-ring (bicyclic) bond motifs is 4. The molecule has 4 heterocycles. The van der Waals surface area contributed by atoms with E-state index in [-0.39, 0.29) is 23.8 Å². The minimum absolute atomic E-state index is 0.0710. The second-order valence-corrected chi connectivity index (χ2v) is 9.36. The zero-order valence-corrected chi connectivity index (χ0v) is 18.0. The van der Waals surface area contributed by atoms with Gasteiger partial charge in [-0.25, -0.2) is 0 Å². The molecule has 2 N–H and O–H groups in total. The average Bonchev–Trinajstić information content (AvgIpc) is 3.58. The van der Waals surface area contributed by atoms with E-state index in [9.17, 15) is 9.59 Å². The summed E-state index contributed by atoms with van der Waals surface area (Å²) in [4.78, 5) is 27.8. The Morgan fingerprint density at radius 1 is 0.938 bits per heavy atom. The normalized spacial score (nSPS) is 24.4. The average molecular weight is 430 g/mol. The molecule has 3 saturated heterocycles. The molecule has 2 aromatic carbocycles. The number of furan rings is 1. The van der Waals surface area contributed by atoms with Crippen LogP contribution in [0, 0.1) is 11.8 Å². The highest BCUT2D eigenvalue weighted by Crippen LogP contribution is 2.37. The van der Waals surface area contributed by atoms with Gasteiger partial charge >= 0.3 is 0 Å². The Morgan fingerprint density at radius 3 is 2.47 bits per heavy atom. The van der Waals surface area contributed by atoms with Crippen molar-refractivity contribution in [2.45, 2.75) is 31.7 Å². The molecular formula is C26H27N3O3. The summed E-state index contributed by atoms with van der Waals surface area (Å²) in [7, 11) is 0.